The van der Waals surface area contributed by atoms with E-state index in [1.54, 1.807) is 23.5 Å². The van der Waals surface area contributed by atoms with Gasteiger partial charge >= 0.3 is 0 Å². The van der Waals surface area contributed by atoms with Gasteiger partial charge in [-0.25, -0.2) is 13.1 Å². The number of benzene rings is 1. The fourth-order valence-electron chi connectivity index (χ4n) is 3.09. The van der Waals surface area contributed by atoms with Gasteiger partial charge in [-0.3, -0.25) is 4.79 Å². The Hall–Kier alpha value is -1.74. The van der Waals surface area contributed by atoms with E-state index in [2.05, 4.69) is 16.1 Å². The highest BCUT2D eigenvalue weighted by Crippen LogP contribution is 2.37. The number of carbonyl (C=O) groups is 1. The zero-order chi connectivity index (χ0) is 18.6. The number of ether oxygens (including phenoxy) is 1. The first-order chi connectivity index (χ1) is 12.4. The van der Waals surface area contributed by atoms with E-state index in [1.807, 2.05) is 11.4 Å². The number of hydrogen-bond acceptors (Lipinski definition) is 5. The minimum Gasteiger partial charge on any atom is -0.381 e. The molecule has 0 radical (unpaired) electrons. The molecule has 2 aromatic rings. The minimum absolute atomic E-state index is 0.181. The Balaban J connectivity index is 1.75. The third-order valence-corrected chi connectivity index (χ3v) is 7.11. The van der Waals surface area contributed by atoms with E-state index in [9.17, 15) is 13.2 Å². The number of hydrogen-bond donors (Lipinski definition) is 2. The largest absolute Gasteiger partial charge is 0.381 e. The number of sulfonamides is 1. The van der Waals surface area contributed by atoms with Crippen molar-refractivity contribution in [2.24, 2.45) is 0 Å². The van der Waals surface area contributed by atoms with Gasteiger partial charge in [0.2, 0.25) is 15.9 Å². The second-order valence-corrected chi connectivity index (χ2v) is 9.11. The van der Waals surface area contributed by atoms with Crippen LogP contribution in [0.15, 0.2) is 46.7 Å². The normalized spacial score (nSPS) is 17.0. The summed E-state index contributed by atoms with van der Waals surface area (Å²) in [5.74, 6) is -0.198. The van der Waals surface area contributed by atoms with E-state index < -0.39 is 10.0 Å². The molecule has 26 heavy (non-hydrogen) atoms. The maximum absolute atomic E-state index is 12.7. The lowest BCUT2D eigenvalue weighted by molar-refractivity contribution is -0.114. The molecular weight excluding hydrogens is 372 g/mol. The molecule has 0 spiro atoms. The van der Waals surface area contributed by atoms with Gasteiger partial charge in [0.1, 0.15) is 0 Å². The monoisotopic (exact) mass is 394 g/mol. The topological polar surface area (TPSA) is 84.5 Å². The fourth-order valence-corrected chi connectivity index (χ4v) is 5.20. The Morgan fingerprint density at radius 3 is 2.46 bits per heavy atom. The molecule has 3 rings (SSSR count). The van der Waals surface area contributed by atoms with Crippen molar-refractivity contribution in [1.82, 2.24) is 4.72 Å². The van der Waals surface area contributed by atoms with Crippen LogP contribution >= 0.6 is 11.3 Å². The Morgan fingerprint density at radius 1 is 1.19 bits per heavy atom. The molecule has 1 amide bonds. The van der Waals surface area contributed by atoms with Crippen LogP contribution in [0.25, 0.3) is 0 Å². The van der Waals surface area contributed by atoms with E-state index >= 15 is 0 Å². The minimum atomic E-state index is -3.63. The molecule has 1 saturated heterocycles. The van der Waals surface area contributed by atoms with Crippen LogP contribution in [0.1, 0.15) is 24.6 Å². The molecule has 0 saturated carbocycles. The molecule has 1 aromatic carbocycles. The van der Waals surface area contributed by atoms with Crippen LogP contribution in [0.3, 0.4) is 0 Å². The summed E-state index contributed by atoms with van der Waals surface area (Å²) in [6.07, 6.45) is 1.58. The number of amides is 1. The first-order valence-corrected chi connectivity index (χ1v) is 10.8. The first-order valence-electron chi connectivity index (χ1n) is 8.40. The molecule has 6 nitrogen and oxygen atoms in total. The summed E-state index contributed by atoms with van der Waals surface area (Å²) in [5.41, 5.74) is 0.339. The van der Waals surface area contributed by atoms with Crippen molar-refractivity contribution in [1.29, 1.82) is 0 Å². The van der Waals surface area contributed by atoms with Crippen molar-refractivity contribution >= 4 is 33.0 Å². The molecular formula is C18H22N2O4S2. The van der Waals surface area contributed by atoms with E-state index in [0.29, 0.717) is 25.4 Å². The van der Waals surface area contributed by atoms with Crippen molar-refractivity contribution in [3.63, 3.8) is 0 Å². The molecule has 1 aliphatic heterocycles. The predicted octanol–water partition coefficient (Wildman–Crippen LogP) is 2.73. The van der Waals surface area contributed by atoms with E-state index in [1.165, 1.54) is 23.9 Å². The van der Waals surface area contributed by atoms with Gasteiger partial charge < -0.3 is 10.1 Å². The smallest absolute Gasteiger partial charge is 0.240 e. The number of thiophene rings is 1. The first kappa shape index (κ1) is 19.0. The molecule has 0 atom stereocenters. The van der Waals surface area contributed by atoms with Gasteiger partial charge in [-0.2, -0.15) is 0 Å². The highest BCUT2D eigenvalue weighted by atomic mass is 32.2. The van der Waals surface area contributed by atoms with Crippen LogP contribution < -0.4 is 10.0 Å². The lowest BCUT2D eigenvalue weighted by atomic mass is 9.79. The SMILES string of the molecule is CC(=O)Nc1ccc(S(=O)(=O)NCC2(c3cccs3)CCOCC2)cc1. The van der Waals surface area contributed by atoms with Crippen molar-refractivity contribution in [3.8, 4) is 0 Å². The third-order valence-electron chi connectivity index (χ3n) is 4.58. The molecule has 1 aliphatic rings. The van der Waals surface area contributed by atoms with Gasteiger partial charge in [0.25, 0.3) is 0 Å². The summed E-state index contributed by atoms with van der Waals surface area (Å²) < 4.78 is 33.6. The van der Waals surface area contributed by atoms with Crippen molar-refractivity contribution in [2.45, 2.75) is 30.1 Å². The maximum atomic E-state index is 12.7. The highest BCUT2D eigenvalue weighted by molar-refractivity contribution is 7.89. The van der Waals surface area contributed by atoms with Crippen LogP contribution in [0.4, 0.5) is 5.69 Å². The van der Waals surface area contributed by atoms with Crippen LogP contribution in [-0.2, 0) is 25.0 Å². The lowest BCUT2D eigenvalue weighted by Gasteiger charge is -2.36. The summed E-state index contributed by atoms with van der Waals surface area (Å²) in [4.78, 5) is 12.4. The molecule has 0 unspecified atom stereocenters. The van der Waals surface area contributed by atoms with Gasteiger partial charge in [-0.05, 0) is 48.6 Å². The van der Waals surface area contributed by atoms with Gasteiger partial charge in [0, 0.05) is 42.7 Å². The highest BCUT2D eigenvalue weighted by Gasteiger charge is 2.36. The predicted molar refractivity (Wildman–Crippen MR) is 102 cm³/mol. The van der Waals surface area contributed by atoms with Gasteiger partial charge in [-0.15, -0.1) is 11.3 Å². The molecule has 2 N–H and O–H groups in total. The van der Waals surface area contributed by atoms with Crippen LogP contribution in [0.5, 0.6) is 0 Å². The van der Waals surface area contributed by atoms with Gasteiger partial charge in [0.05, 0.1) is 4.90 Å². The fraction of sp³-hybridized carbons (Fsp3) is 0.389. The quantitative estimate of drug-likeness (QED) is 0.789. The summed E-state index contributed by atoms with van der Waals surface area (Å²) in [6, 6.07) is 10.2. The molecule has 0 aliphatic carbocycles. The molecule has 0 bridgehead atoms. The van der Waals surface area contributed by atoms with E-state index in [4.69, 9.17) is 4.74 Å². The molecule has 140 valence electrons. The summed E-state index contributed by atoms with van der Waals surface area (Å²) in [5, 5.41) is 4.64. The summed E-state index contributed by atoms with van der Waals surface area (Å²) in [7, 11) is -3.63. The summed E-state index contributed by atoms with van der Waals surface area (Å²) in [6.45, 7) is 3.01. The van der Waals surface area contributed by atoms with Gasteiger partial charge in [-0.1, -0.05) is 6.07 Å². The average molecular weight is 395 g/mol. The Bertz CT molecular complexity index is 840. The third kappa shape index (κ3) is 4.32. The second-order valence-electron chi connectivity index (χ2n) is 6.40. The number of carbonyl (C=O) groups excluding carboxylic acids is 1. The van der Waals surface area contributed by atoms with Crippen molar-refractivity contribution in [3.05, 3.63) is 46.7 Å². The van der Waals surface area contributed by atoms with E-state index in [0.717, 1.165) is 12.8 Å². The van der Waals surface area contributed by atoms with E-state index in [-0.39, 0.29) is 16.2 Å². The Morgan fingerprint density at radius 2 is 1.88 bits per heavy atom. The zero-order valence-corrected chi connectivity index (χ0v) is 16.2. The molecule has 2 heterocycles. The number of nitrogens with one attached hydrogen (secondary N) is 2. The second kappa shape index (κ2) is 7.87. The molecule has 1 aromatic heterocycles. The van der Waals surface area contributed by atoms with Crippen LogP contribution in [0, 0.1) is 0 Å². The Kier molecular flexibility index (Phi) is 5.76. The Labute approximate surface area is 157 Å². The maximum Gasteiger partial charge on any atom is 0.240 e. The van der Waals surface area contributed by atoms with Crippen LogP contribution in [-0.4, -0.2) is 34.1 Å². The van der Waals surface area contributed by atoms with Crippen molar-refractivity contribution in [2.75, 3.05) is 25.1 Å². The number of rotatable bonds is 6. The van der Waals surface area contributed by atoms with Gasteiger partial charge in [0.15, 0.2) is 0 Å². The molecule has 1 fully saturated rings. The van der Waals surface area contributed by atoms with Crippen LogP contribution in [0.2, 0.25) is 0 Å². The average Bonchev–Trinajstić information content (AvgIpc) is 3.16. The number of anilines is 1. The molecule has 8 heteroatoms. The lowest BCUT2D eigenvalue weighted by Crippen LogP contribution is -2.44. The zero-order valence-electron chi connectivity index (χ0n) is 14.5. The summed E-state index contributed by atoms with van der Waals surface area (Å²) >= 11 is 1.65. The van der Waals surface area contributed by atoms with Crippen molar-refractivity contribution < 1.29 is 17.9 Å². The standard InChI is InChI=1S/C18H22N2O4S2/c1-14(21)20-15-4-6-16(7-5-15)26(22,23)19-13-18(8-10-24-11-9-18)17-3-2-12-25-17/h2-7,12,19H,8-11,13H2,1H3,(H,20,21).